The topological polar surface area (TPSA) is 90.9 Å². The van der Waals surface area contributed by atoms with Gasteiger partial charge in [-0.05, 0) is 33.3 Å². The molecule has 0 saturated heterocycles. The van der Waals surface area contributed by atoms with Crippen molar-refractivity contribution in [2.24, 2.45) is 5.92 Å². The first kappa shape index (κ1) is 22.9. The number of esters is 3. The third-order valence-electron chi connectivity index (χ3n) is 4.36. The van der Waals surface area contributed by atoms with Gasteiger partial charge in [0, 0.05) is 11.6 Å². The fourth-order valence-electron chi connectivity index (χ4n) is 3.11. The maximum Gasteiger partial charge on any atom is 0.355 e. The lowest BCUT2D eigenvalue weighted by Gasteiger charge is -2.28. The summed E-state index contributed by atoms with van der Waals surface area (Å²) in [6.45, 7) is 7.12. The van der Waals surface area contributed by atoms with E-state index in [-0.39, 0.29) is 36.7 Å². The molecule has 1 N–H and O–H groups in total. The maximum absolute atomic E-state index is 12.8. The summed E-state index contributed by atoms with van der Waals surface area (Å²) in [5, 5.41) is 2.86. The van der Waals surface area contributed by atoms with Crippen LogP contribution in [0.1, 0.15) is 33.3 Å². The van der Waals surface area contributed by atoms with E-state index in [1.165, 1.54) is 0 Å². The predicted octanol–water partition coefficient (Wildman–Crippen LogP) is 3.14. The van der Waals surface area contributed by atoms with Gasteiger partial charge in [0.2, 0.25) is 0 Å². The Balaban J connectivity index is 2.64. The van der Waals surface area contributed by atoms with Gasteiger partial charge in [0.25, 0.3) is 0 Å². The number of carbonyl (C=O) groups is 3. The zero-order chi connectivity index (χ0) is 22.1. The Hall–Kier alpha value is -3.35. The zero-order valence-corrected chi connectivity index (χ0v) is 17.7. The monoisotopic (exact) mass is 413 g/mol. The van der Waals surface area contributed by atoms with Crippen molar-refractivity contribution in [3.05, 3.63) is 64.5 Å². The van der Waals surface area contributed by atoms with Crippen molar-refractivity contribution in [2.75, 3.05) is 19.8 Å². The van der Waals surface area contributed by atoms with E-state index in [9.17, 15) is 14.4 Å². The van der Waals surface area contributed by atoms with Crippen LogP contribution in [-0.4, -0.2) is 37.7 Å². The van der Waals surface area contributed by atoms with Gasteiger partial charge in [0.15, 0.2) is 0 Å². The molecule has 7 heteroatoms. The molecule has 1 unspecified atom stereocenters. The van der Waals surface area contributed by atoms with Crippen LogP contribution in [0.3, 0.4) is 0 Å². The molecule has 1 aliphatic rings. The Morgan fingerprint density at radius 3 is 1.97 bits per heavy atom. The van der Waals surface area contributed by atoms with Gasteiger partial charge in [-0.25, -0.2) is 14.4 Å². The number of hydrogen-bond acceptors (Lipinski definition) is 7. The molecule has 7 nitrogen and oxygen atoms in total. The smallest absolute Gasteiger partial charge is 0.355 e. The van der Waals surface area contributed by atoms with Gasteiger partial charge in [0.05, 0.1) is 31.0 Å². The van der Waals surface area contributed by atoms with E-state index >= 15 is 0 Å². The summed E-state index contributed by atoms with van der Waals surface area (Å²) in [5.41, 5.74) is 1.49. The van der Waals surface area contributed by atoms with E-state index < -0.39 is 23.8 Å². The lowest BCUT2D eigenvalue weighted by atomic mass is 9.84. The fraction of sp³-hybridized carbons (Fsp3) is 0.348. The van der Waals surface area contributed by atoms with Crippen molar-refractivity contribution in [2.45, 2.75) is 27.7 Å². The van der Waals surface area contributed by atoms with E-state index in [1.54, 1.807) is 39.8 Å². The molecule has 1 aromatic rings. The van der Waals surface area contributed by atoms with Gasteiger partial charge in [-0.15, -0.1) is 0 Å². The number of hydrogen-bond donors (Lipinski definition) is 1. The Kier molecular flexibility index (Phi) is 8.41. The second-order valence-electron chi connectivity index (χ2n) is 6.36. The second-order valence-corrected chi connectivity index (χ2v) is 6.36. The van der Waals surface area contributed by atoms with Crippen LogP contribution in [-0.2, 0) is 28.6 Å². The third kappa shape index (κ3) is 5.37. The minimum Gasteiger partial charge on any atom is -0.463 e. The van der Waals surface area contributed by atoms with Crippen LogP contribution in [0, 0.1) is 5.92 Å². The molecule has 0 fully saturated rings. The van der Waals surface area contributed by atoms with Gasteiger partial charge in [-0.2, -0.15) is 0 Å². The van der Waals surface area contributed by atoms with Crippen LogP contribution in [0.5, 0.6) is 0 Å². The van der Waals surface area contributed by atoms with Crippen molar-refractivity contribution >= 4 is 24.0 Å². The molecule has 0 aromatic heterocycles. The normalized spacial score (nSPS) is 16.3. The van der Waals surface area contributed by atoms with Crippen molar-refractivity contribution in [1.82, 2.24) is 5.32 Å². The Bertz CT molecular complexity index is 882. The lowest BCUT2D eigenvalue weighted by Crippen LogP contribution is -2.37. The molecule has 1 aromatic carbocycles. The highest BCUT2D eigenvalue weighted by atomic mass is 16.5. The van der Waals surface area contributed by atoms with Gasteiger partial charge >= 0.3 is 17.9 Å². The molecular weight excluding hydrogens is 386 g/mol. The Morgan fingerprint density at radius 2 is 1.40 bits per heavy atom. The summed E-state index contributed by atoms with van der Waals surface area (Å²) in [7, 11) is 0. The number of carbonyl (C=O) groups excluding carboxylic acids is 3. The molecule has 1 atom stereocenters. The molecule has 1 aliphatic heterocycles. The highest BCUT2D eigenvalue weighted by Crippen LogP contribution is 2.33. The number of rotatable bonds is 8. The summed E-state index contributed by atoms with van der Waals surface area (Å²) in [6, 6.07) is 9.42. The third-order valence-corrected chi connectivity index (χ3v) is 4.36. The van der Waals surface area contributed by atoms with Crippen LogP contribution in [0.4, 0.5) is 0 Å². The number of ether oxygens (including phenoxy) is 3. The summed E-state index contributed by atoms with van der Waals surface area (Å²) >= 11 is 0. The van der Waals surface area contributed by atoms with Crippen LogP contribution in [0.2, 0.25) is 0 Å². The SMILES string of the molecule is CCOC(=O)C1=C(C(=O)OCC)C(C=Cc2ccccc2)C(C(=O)OCC)=C(C)N1. The van der Waals surface area contributed by atoms with Crippen LogP contribution < -0.4 is 5.32 Å². The summed E-state index contributed by atoms with van der Waals surface area (Å²) < 4.78 is 15.5. The number of allylic oxidation sites excluding steroid dienone is 2. The second kappa shape index (κ2) is 11.0. The molecule has 2 rings (SSSR count). The minimum absolute atomic E-state index is 0.0103. The summed E-state index contributed by atoms with van der Waals surface area (Å²) in [4.78, 5) is 38.1. The molecule has 30 heavy (non-hydrogen) atoms. The molecule has 0 radical (unpaired) electrons. The van der Waals surface area contributed by atoms with E-state index in [1.807, 2.05) is 30.3 Å². The first-order valence-corrected chi connectivity index (χ1v) is 9.91. The van der Waals surface area contributed by atoms with Gasteiger partial charge in [0.1, 0.15) is 5.70 Å². The van der Waals surface area contributed by atoms with Crippen LogP contribution in [0.15, 0.2) is 58.9 Å². The molecule has 1 heterocycles. The molecule has 0 amide bonds. The van der Waals surface area contributed by atoms with E-state index in [2.05, 4.69) is 5.32 Å². The van der Waals surface area contributed by atoms with Gasteiger partial charge < -0.3 is 19.5 Å². The quantitative estimate of drug-likeness (QED) is 0.517. The van der Waals surface area contributed by atoms with Gasteiger partial charge in [-0.1, -0.05) is 42.5 Å². The number of dihydropyridines is 1. The highest BCUT2D eigenvalue weighted by Gasteiger charge is 2.39. The average Bonchev–Trinajstić information content (AvgIpc) is 2.72. The van der Waals surface area contributed by atoms with Crippen molar-refractivity contribution in [1.29, 1.82) is 0 Å². The van der Waals surface area contributed by atoms with E-state index in [4.69, 9.17) is 14.2 Å². The van der Waals surface area contributed by atoms with Crippen molar-refractivity contribution in [3.8, 4) is 0 Å². The first-order chi connectivity index (χ1) is 14.4. The molecule has 0 saturated carbocycles. The highest BCUT2D eigenvalue weighted by molar-refractivity contribution is 6.05. The van der Waals surface area contributed by atoms with Crippen LogP contribution in [0.25, 0.3) is 6.08 Å². The summed E-state index contributed by atoms with van der Waals surface area (Å²) in [6.07, 6.45) is 3.47. The molecule has 0 spiro atoms. The van der Waals surface area contributed by atoms with E-state index in [0.29, 0.717) is 5.70 Å². The Morgan fingerprint density at radius 1 is 0.867 bits per heavy atom. The van der Waals surface area contributed by atoms with E-state index in [0.717, 1.165) is 5.56 Å². The number of nitrogens with one attached hydrogen (secondary N) is 1. The maximum atomic E-state index is 12.8. The Labute approximate surface area is 176 Å². The minimum atomic E-state index is -0.844. The standard InChI is InChI=1S/C23H27NO6/c1-5-28-21(25)18-15(4)24-20(23(27)30-7-3)19(22(26)29-6-2)17(18)14-13-16-11-9-8-10-12-16/h8-14,17,24H,5-7H2,1-4H3. The van der Waals surface area contributed by atoms with Crippen LogP contribution >= 0.6 is 0 Å². The molecule has 0 bridgehead atoms. The largest absolute Gasteiger partial charge is 0.463 e. The lowest BCUT2D eigenvalue weighted by molar-refractivity contribution is -0.143. The first-order valence-electron chi connectivity index (χ1n) is 9.91. The zero-order valence-electron chi connectivity index (χ0n) is 17.7. The van der Waals surface area contributed by atoms with Crippen molar-refractivity contribution < 1.29 is 28.6 Å². The molecular formula is C23H27NO6. The predicted molar refractivity (Wildman–Crippen MR) is 112 cm³/mol. The number of benzene rings is 1. The summed E-state index contributed by atoms with van der Waals surface area (Å²) in [5.74, 6) is -2.81. The van der Waals surface area contributed by atoms with Crippen molar-refractivity contribution in [3.63, 3.8) is 0 Å². The average molecular weight is 413 g/mol. The molecule has 0 aliphatic carbocycles. The van der Waals surface area contributed by atoms with Gasteiger partial charge in [-0.3, -0.25) is 0 Å². The molecule has 160 valence electrons. The fourth-order valence-corrected chi connectivity index (χ4v) is 3.11.